The molecule has 1 amide bonds. The Morgan fingerprint density at radius 2 is 1.77 bits per heavy atom. The van der Waals surface area contributed by atoms with Crippen LogP contribution in [0.15, 0.2) is 54.2 Å². The zero-order valence-electron chi connectivity index (χ0n) is 22.8. The van der Waals surface area contributed by atoms with E-state index in [4.69, 9.17) is 14.2 Å². The van der Waals surface area contributed by atoms with Gasteiger partial charge < -0.3 is 24.3 Å². The minimum absolute atomic E-state index is 0.000310. The van der Waals surface area contributed by atoms with Gasteiger partial charge in [0.25, 0.3) is 0 Å². The number of alkyl halides is 3. The number of methoxy groups -OCH3 is 1. The summed E-state index contributed by atoms with van der Waals surface area (Å²) in [5.41, 5.74) is -0.846. The van der Waals surface area contributed by atoms with Crippen LogP contribution in [0.1, 0.15) is 44.7 Å². The van der Waals surface area contributed by atoms with Crippen LogP contribution in [0.5, 0.6) is 5.75 Å². The van der Waals surface area contributed by atoms with Crippen LogP contribution in [0.3, 0.4) is 0 Å². The number of fused-ring (bicyclic) bond motifs is 1. The van der Waals surface area contributed by atoms with E-state index in [0.29, 0.717) is 11.3 Å². The number of nitrogens with one attached hydrogen (secondary N) is 1. The van der Waals surface area contributed by atoms with E-state index in [1.165, 1.54) is 24.0 Å². The number of allylic oxidation sites excluding steroid dienone is 1. The van der Waals surface area contributed by atoms with Gasteiger partial charge in [0, 0.05) is 25.5 Å². The van der Waals surface area contributed by atoms with Gasteiger partial charge in [0.05, 0.1) is 31.2 Å². The predicted molar refractivity (Wildman–Crippen MR) is 140 cm³/mol. The molecule has 12 heteroatoms. The molecular formula is C28H31F3N2O7. The Bertz CT molecular complexity index is 1270. The van der Waals surface area contributed by atoms with E-state index in [1.807, 2.05) is 0 Å². The minimum Gasteiger partial charge on any atom is -0.487 e. The first-order chi connectivity index (χ1) is 18.7. The van der Waals surface area contributed by atoms with Crippen molar-refractivity contribution in [3.05, 3.63) is 65.4 Å². The molecule has 0 spiro atoms. The monoisotopic (exact) mass is 564 g/mol. The number of carbonyl (C=O) groups excluding carboxylic acids is 3. The first kappa shape index (κ1) is 30.3. The molecule has 40 heavy (non-hydrogen) atoms. The van der Waals surface area contributed by atoms with Gasteiger partial charge in [0.15, 0.2) is 0 Å². The number of ether oxygens (including phenoxy) is 4. The van der Waals surface area contributed by atoms with E-state index in [0.717, 1.165) is 12.7 Å². The lowest BCUT2D eigenvalue weighted by Crippen LogP contribution is -2.36. The molecule has 1 unspecified atom stereocenters. The fourth-order valence-corrected chi connectivity index (χ4v) is 3.88. The van der Waals surface area contributed by atoms with Crippen molar-refractivity contribution in [3.8, 4) is 5.75 Å². The lowest BCUT2D eigenvalue weighted by atomic mass is 10.0. The predicted octanol–water partition coefficient (Wildman–Crippen LogP) is 5.70. The molecule has 0 fully saturated rings. The largest absolute Gasteiger partial charge is 0.487 e. The van der Waals surface area contributed by atoms with Crippen molar-refractivity contribution in [2.45, 2.75) is 52.0 Å². The maximum atomic E-state index is 13.9. The topological polar surface area (TPSA) is 103 Å². The second kappa shape index (κ2) is 12.3. The number of nitrogens with zero attached hydrogens (tertiary/aromatic N) is 1. The third-order valence-electron chi connectivity index (χ3n) is 5.64. The van der Waals surface area contributed by atoms with Crippen molar-refractivity contribution < 1.29 is 46.5 Å². The van der Waals surface area contributed by atoms with Crippen molar-refractivity contribution in [1.29, 1.82) is 0 Å². The van der Waals surface area contributed by atoms with Crippen molar-refractivity contribution in [1.82, 2.24) is 0 Å². The molecule has 1 heterocycles. The lowest BCUT2D eigenvalue weighted by molar-refractivity contribution is -0.141. The average molecular weight is 565 g/mol. The molecule has 9 nitrogen and oxygen atoms in total. The summed E-state index contributed by atoms with van der Waals surface area (Å²) in [6, 6.07) is 11.7. The maximum absolute atomic E-state index is 13.9. The van der Waals surface area contributed by atoms with Crippen LogP contribution in [0.2, 0.25) is 0 Å². The normalized spacial score (nSPS) is 15.2. The van der Waals surface area contributed by atoms with Crippen LogP contribution in [-0.2, 0) is 30.4 Å². The molecule has 3 rings (SSSR count). The Labute approximate surface area is 229 Å². The number of hydrogen-bond acceptors (Lipinski definition) is 8. The summed E-state index contributed by atoms with van der Waals surface area (Å²) >= 11 is 0. The van der Waals surface area contributed by atoms with Gasteiger partial charge >= 0.3 is 24.2 Å². The smallest absolute Gasteiger partial charge is 0.431 e. The molecule has 216 valence electrons. The molecule has 0 aliphatic carbocycles. The van der Waals surface area contributed by atoms with Gasteiger partial charge in [-0.25, -0.2) is 9.59 Å². The number of esters is 2. The second-order valence-corrected chi connectivity index (χ2v) is 9.98. The summed E-state index contributed by atoms with van der Waals surface area (Å²) in [7, 11) is 0.960. The molecule has 0 radical (unpaired) electrons. The Morgan fingerprint density at radius 1 is 1.10 bits per heavy atom. The molecule has 2 aromatic rings. The molecule has 0 bridgehead atoms. The fourth-order valence-electron chi connectivity index (χ4n) is 3.88. The molecule has 2 aromatic carbocycles. The highest BCUT2D eigenvalue weighted by Gasteiger charge is 2.39. The van der Waals surface area contributed by atoms with Crippen molar-refractivity contribution in [2.24, 2.45) is 0 Å². The van der Waals surface area contributed by atoms with Crippen LogP contribution in [0.4, 0.5) is 29.3 Å². The molecule has 1 aliphatic rings. The van der Waals surface area contributed by atoms with Gasteiger partial charge in [0.1, 0.15) is 23.7 Å². The van der Waals surface area contributed by atoms with Crippen LogP contribution in [0, 0.1) is 0 Å². The highest BCUT2D eigenvalue weighted by molar-refractivity contribution is 5.93. The first-order valence-electron chi connectivity index (χ1n) is 12.3. The Balaban J connectivity index is 2.12. The van der Waals surface area contributed by atoms with Crippen molar-refractivity contribution in [3.63, 3.8) is 0 Å². The standard InChI is InChI=1S/C28H31F3N2O7/c1-17(34)38-16-19-14-33(26(36)40-27(2,3)4)22-12-23(39-15-18-9-7-6-8-10-18)21(11-20(19)22)32-24(28(29,30)31)13-25(35)37-5/h6-13,19,32H,14-16H2,1-5H3/b24-13+. The molecule has 0 aromatic heterocycles. The quantitative estimate of drug-likeness (QED) is 0.248. The Morgan fingerprint density at radius 3 is 2.35 bits per heavy atom. The van der Waals surface area contributed by atoms with Gasteiger partial charge in [-0.1, -0.05) is 30.3 Å². The number of benzene rings is 2. The van der Waals surface area contributed by atoms with E-state index < -0.39 is 41.4 Å². The van der Waals surface area contributed by atoms with E-state index in [-0.39, 0.29) is 37.3 Å². The maximum Gasteiger partial charge on any atom is 0.431 e. The Kier molecular flexibility index (Phi) is 9.33. The van der Waals surface area contributed by atoms with Crippen molar-refractivity contribution >= 4 is 29.4 Å². The fraction of sp³-hybridized carbons (Fsp3) is 0.393. The molecule has 1 aliphatic heterocycles. The molecule has 0 saturated heterocycles. The van der Waals surface area contributed by atoms with Crippen LogP contribution < -0.4 is 15.0 Å². The number of amides is 1. The van der Waals surface area contributed by atoms with Crippen LogP contribution in [-0.4, -0.2) is 50.1 Å². The summed E-state index contributed by atoms with van der Waals surface area (Å²) < 4.78 is 62.6. The van der Waals surface area contributed by atoms with E-state index in [1.54, 1.807) is 51.1 Å². The second-order valence-electron chi connectivity index (χ2n) is 9.98. The zero-order valence-corrected chi connectivity index (χ0v) is 22.8. The van der Waals surface area contributed by atoms with Gasteiger partial charge in [0.2, 0.25) is 0 Å². The van der Waals surface area contributed by atoms with Gasteiger partial charge in [-0.15, -0.1) is 0 Å². The number of rotatable bonds is 8. The lowest BCUT2D eigenvalue weighted by Gasteiger charge is -2.25. The average Bonchev–Trinajstić information content (AvgIpc) is 3.22. The van der Waals surface area contributed by atoms with Crippen molar-refractivity contribution in [2.75, 3.05) is 30.5 Å². The van der Waals surface area contributed by atoms with Crippen LogP contribution in [0.25, 0.3) is 0 Å². The third-order valence-corrected chi connectivity index (χ3v) is 5.64. The highest BCUT2D eigenvalue weighted by atomic mass is 19.4. The molecule has 1 N–H and O–H groups in total. The van der Waals surface area contributed by atoms with Gasteiger partial charge in [-0.3, -0.25) is 9.69 Å². The summed E-state index contributed by atoms with van der Waals surface area (Å²) in [6.45, 7) is 6.24. The zero-order chi connectivity index (χ0) is 29.7. The third kappa shape index (κ3) is 8.14. The highest BCUT2D eigenvalue weighted by Crippen LogP contribution is 2.44. The summed E-state index contributed by atoms with van der Waals surface area (Å²) in [4.78, 5) is 37.6. The summed E-state index contributed by atoms with van der Waals surface area (Å²) in [6.07, 6.45) is -5.34. The molecular weight excluding hydrogens is 533 g/mol. The first-order valence-corrected chi connectivity index (χ1v) is 12.3. The SMILES string of the molecule is COC(=O)/C=C(/Nc1cc2c(cc1OCc1ccccc1)N(C(=O)OC(C)(C)C)CC2COC(C)=O)C(F)(F)F. The minimum atomic E-state index is -4.94. The summed E-state index contributed by atoms with van der Waals surface area (Å²) in [5, 5.41) is 2.25. The number of halogens is 3. The number of carbonyl (C=O) groups is 3. The van der Waals surface area contributed by atoms with E-state index in [9.17, 15) is 27.6 Å². The summed E-state index contributed by atoms with van der Waals surface area (Å²) in [5.74, 6) is -2.37. The van der Waals surface area contributed by atoms with Crippen LogP contribution >= 0.6 is 0 Å². The van der Waals surface area contributed by atoms with E-state index in [2.05, 4.69) is 10.1 Å². The number of hydrogen-bond donors (Lipinski definition) is 1. The molecule has 0 saturated carbocycles. The van der Waals surface area contributed by atoms with Gasteiger partial charge in [-0.2, -0.15) is 13.2 Å². The van der Waals surface area contributed by atoms with E-state index >= 15 is 0 Å². The Hall–Kier alpha value is -4.22. The molecule has 1 atom stereocenters. The number of anilines is 2. The van der Waals surface area contributed by atoms with Gasteiger partial charge in [-0.05, 0) is 38.0 Å².